The van der Waals surface area contributed by atoms with E-state index in [4.69, 9.17) is 0 Å². The Labute approximate surface area is 150 Å². The Morgan fingerprint density at radius 3 is 2.84 bits per heavy atom. The minimum Gasteiger partial charge on any atom is -0.369 e. The van der Waals surface area contributed by atoms with Crippen LogP contribution < -0.4 is 5.32 Å². The van der Waals surface area contributed by atoms with Crippen LogP contribution in [-0.4, -0.2) is 26.3 Å². The second-order valence-electron chi connectivity index (χ2n) is 6.13. The Bertz CT molecular complexity index is 947. The van der Waals surface area contributed by atoms with Gasteiger partial charge in [-0.3, -0.25) is 4.68 Å². The van der Waals surface area contributed by atoms with Gasteiger partial charge in [0.25, 0.3) is 0 Å². The van der Waals surface area contributed by atoms with Gasteiger partial charge < -0.3 is 5.32 Å². The summed E-state index contributed by atoms with van der Waals surface area (Å²) < 4.78 is 1.96. The lowest BCUT2D eigenvalue weighted by Crippen LogP contribution is -2.18. The highest BCUT2D eigenvalue weighted by Crippen LogP contribution is 2.34. The molecule has 25 heavy (non-hydrogen) atoms. The number of hydrogen-bond acceptors (Lipinski definition) is 5. The predicted octanol–water partition coefficient (Wildman–Crippen LogP) is 4.30. The van der Waals surface area contributed by atoms with Crippen molar-refractivity contribution in [2.45, 2.75) is 13.5 Å². The fourth-order valence-electron chi connectivity index (χ4n) is 2.80. The van der Waals surface area contributed by atoms with E-state index in [1.54, 1.807) is 17.7 Å². The average molecular weight is 349 g/mol. The highest BCUT2D eigenvalue weighted by molar-refractivity contribution is 7.21. The summed E-state index contributed by atoms with van der Waals surface area (Å²) in [6.45, 7) is 3.92. The summed E-state index contributed by atoms with van der Waals surface area (Å²) in [6, 6.07) is 14.5. The highest BCUT2D eigenvalue weighted by Gasteiger charge is 2.11. The number of nitrogens with zero attached hydrogens (tertiary/aromatic N) is 4. The first-order valence-corrected chi connectivity index (χ1v) is 9.12. The molecular formula is C19H19N5S. The van der Waals surface area contributed by atoms with E-state index in [1.165, 1.54) is 10.4 Å². The third-order valence-electron chi connectivity index (χ3n) is 4.06. The zero-order chi connectivity index (χ0) is 17.1. The van der Waals surface area contributed by atoms with Crippen LogP contribution >= 0.6 is 11.3 Å². The van der Waals surface area contributed by atoms with Gasteiger partial charge >= 0.3 is 0 Å². The number of benzene rings is 1. The normalized spacial score (nSPS) is 12.4. The van der Waals surface area contributed by atoms with Crippen LogP contribution in [0.2, 0.25) is 0 Å². The van der Waals surface area contributed by atoms with E-state index in [0.29, 0.717) is 5.92 Å². The lowest BCUT2D eigenvalue weighted by molar-refractivity contribution is 0.467. The second kappa shape index (κ2) is 7.03. The molecule has 0 aliphatic carbocycles. The third kappa shape index (κ3) is 3.53. The molecule has 4 aromatic rings. The Kier molecular flexibility index (Phi) is 4.43. The molecule has 1 N–H and O–H groups in total. The second-order valence-corrected chi connectivity index (χ2v) is 7.16. The van der Waals surface area contributed by atoms with Crippen LogP contribution in [0.25, 0.3) is 20.7 Å². The van der Waals surface area contributed by atoms with Crippen LogP contribution in [0.1, 0.15) is 6.92 Å². The van der Waals surface area contributed by atoms with E-state index in [1.807, 2.05) is 29.2 Å². The van der Waals surface area contributed by atoms with E-state index >= 15 is 0 Å². The van der Waals surface area contributed by atoms with Crippen LogP contribution in [0.15, 0.2) is 61.2 Å². The summed E-state index contributed by atoms with van der Waals surface area (Å²) >= 11 is 1.70. The standard InChI is InChI=1S/C19H19N5S/c1-14(12-24-9-5-8-23-24)11-20-18-16-10-17(15-6-3-2-4-7-15)25-19(16)22-13-21-18/h2-10,13-14H,11-12H2,1H3,(H,20,21,22)/t14-/m1/s1. The zero-order valence-corrected chi connectivity index (χ0v) is 14.8. The quantitative estimate of drug-likeness (QED) is 0.564. The molecule has 5 nitrogen and oxygen atoms in total. The molecule has 0 saturated carbocycles. The SMILES string of the molecule is C[C@H](CNc1ncnc2sc(-c3ccccc3)cc12)Cn1cccn1. The van der Waals surface area contributed by atoms with Crippen molar-refractivity contribution in [3.63, 3.8) is 0 Å². The van der Waals surface area contributed by atoms with Gasteiger partial charge in [-0.05, 0) is 23.6 Å². The highest BCUT2D eigenvalue weighted by atomic mass is 32.1. The zero-order valence-electron chi connectivity index (χ0n) is 14.0. The first-order chi connectivity index (χ1) is 12.3. The van der Waals surface area contributed by atoms with Crippen molar-refractivity contribution < 1.29 is 0 Å². The van der Waals surface area contributed by atoms with E-state index in [0.717, 1.165) is 29.1 Å². The average Bonchev–Trinajstić information content (AvgIpc) is 3.30. The molecule has 4 rings (SSSR count). The molecule has 6 heteroatoms. The molecule has 0 saturated heterocycles. The maximum atomic E-state index is 4.44. The summed E-state index contributed by atoms with van der Waals surface area (Å²) in [5, 5.41) is 8.82. The van der Waals surface area contributed by atoms with Gasteiger partial charge in [-0.2, -0.15) is 5.10 Å². The van der Waals surface area contributed by atoms with Crippen molar-refractivity contribution >= 4 is 27.4 Å². The number of hydrogen-bond donors (Lipinski definition) is 1. The largest absolute Gasteiger partial charge is 0.369 e. The molecule has 0 unspecified atom stereocenters. The molecule has 1 atom stereocenters. The predicted molar refractivity (Wildman–Crippen MR) is 103 cm³/mol. The monoisotopic (exact) mass is 349 g/mol. The van der Waals surface area contributed by atoms with Crippen LogP contribution in [0.5, 0.6) is 0 Å². The molecule has 0 radical (unpaired) electrons. The summed E-state index contributed by atoms with van der Waals surface area (Å²) in [5.74, 6) is 1.34. The number of rotatable bonds is 6. The van der Waals surface area contributed by atoms with Crippen molar-refractivity contribution in [3.05, 3.63) is 61.2 Å². The first-order valence-electron chi connectivity index (χ1n) is 8.31. The summed E-state index contributed by atoms with van der Waals surface area (Å²) in [4.78, 5) is 11.1. The van der Waals surface area contributed by atoms with Gasteiger partial charge in [0.2, 0.25) is 0 Å². The minimum atomic E-state index is 0.442. The van der Waals surface area contributed by atoms with Gasteiger partial charge in [-0.15, -0.1) is 11.3 Å². The molecule has 126 valence electrons. The molecule has 1 aromatic carbocycles. The van der Waals surface area contributed by atoms with Gasteiger partial charge in [0.15, 0.2) is 0 Å². The molecule has 0 spiro atoms. The molecule has 0 aliphatic rings. The van der Waals surface area contributed by atoms with Gasteiger partial charge in [0, 0.05) is 30.4 Å². The maximum Gasteiger partial charge on any atom is 0.138 e. The van der Waals surface area contributed by atoms with Crippen LogP contribution in [0.4, 0.5) is 5.82 Å². The van der Waals surface area contributed by atoms with Crippen molar-refractivity contribution in [2.24, 2.45) is 5.92 Å². The number of aromatic nitrogens is 4. The third-order valence-corrected chi connectivity index (χ3v) is 5.16. The smallest absolute Gasteiger partial charge is 0.138 e. The molecular weight excluding hydrogens is 330 g/mol. The van der Waals surface area contributed by atoms with Crippen molar-refractivity contribution in [3.8, 4) is 10.4 Å². The van der Waals surface area contributed by atoms with E-state index in [-0.39, 0.29) is 0 Å². The van der Waals surface area contributed by atoms with E-state index in [2.05, 4.69) is 57.6 Å². The molecule has 0 aliphatic heterocycles. The van der Waals surface area contributed by atoms with Crippen LogP contribution in [0.3, 0.4) is 0 Å². The number of nitrogens with one attached hydrogen (secondary N) is 1. The Balaban J connectivity index is 1.52. The maximum absolute atomic E-state index is 4.44. The van der Waals surface area contributed by atoms with Crippen LogP contribution in [-0.2, 0) is 6.54 Å². The van der Waals surface area contributed by atoms with Crippen molar-refractivity contribution in [2.75, 3.05) is 11.9 Å². The van der Waals surface area contributed by atoms with Gasteiger partial charge in [0.1, 0.15) is 17.0 Å². The van der Waals surface area contributed by atoms with Crippen molar-refractivity contribution in [1.29, 1.82) is 0 Å². The first kappa shape index (κ1) is 15.8. The summed E-state index contributed by atoms with van der Waals surface area (Å²) in [6.07, 6.45) is 5.43. The molecule has 3 heterocycles. The minimum absolute atomic E-state index is 0.442. The number of fused-ring (bicyclic) bond motifs is 1. The fourth-order valence-corrected chi connectivity index (χ4v) is 3.81. The molecule has 3 aromatic heterocycles. The lowest BCUT2D eigenvalue weighted by atomic mass is 10.1. The van der Waals surface area contributed by atoms with Gasteiger partial charge in [-0.25, -0.2) is 9.97 Å². The van der Waals surface area contributed by atoms with E-state index < -0.39 is 0 Å². The number of thiophene rings is 1. The fraction of sp³-hybridized carbons (Fsp3) is 0.211. The van der Waals surface area contributed by atoms with Gasteiger partial charge in [-0.1, -0.05) is 37.3 Å². The van der Waals surface area contributed by atoms with Gasteiger partial charge in [0.05, 0.1) is 5.39 Å². The summed E-state index contributed by atoms with van der Waals surface area (Å²) in [5.41, 5.74) is 1.21. The van der Waals surface area contributed by atoms with E-state index in [9.17, 15) is 0 Å². The lowest BCUT2D eigenvalue weighted by Gasteiger charge is -2.13. The van der Waals surface area contributed by atoms with Crippen molar-refractivity contribution in [1.82, 2.24) is 19.7 Å². The Morgan fingerprint density at radius 1 is 1.16 bits per heavy atom. The summed E-state index contributed by atoms with van der Waals surface area (Å²) in [7, 11) is 0. The van der Waals surface area contributed by atoms with Crippen LogP contribution in [0, 0.1) is 5.92 Å². The Hall–Kier alpha value is -2.73. The molecule has 0 bridgehead atoms. The Morgan fingerprint density at radius 2 is 2.04 bits per heavy atom. The molecule has 0 amide bonds. The molecule has 0 fully saturated rings. The number of anilines is 1. The topological polar surface area (TPSA) is 55.6 Å².